The summed E-state index contributed by atoms with van der Waals surface area (Å²) in [6, 6.07) is 0. The highest BCUT2D eigenvalue weighted by atomic mass is 32.1. The fourth-order valence-electron chi connectivity index (χ4n) is 4.82. The van der Waals surface area contributed by atoms with Gasteiger partial charge in [-0.3, -0.25) is 4.90 Å². The Morgan fingerprint density at radius 3 is 2.78 bits per heavy atom. The minimum atomic E-state index is 0.751. The van der Waals surface area contributed by atoms with Crippen LogP contribution in [0.3, 0.4) is 0 Å². The predicted octanol–water partition coefficient (Wildman–Crippen LogP) is 3.64. The number of hydrogen-bond acceptors (Lipinski definition) is 6. The number of fused-ring (bicyclic) bond motifs is 3. The largest absolute Gasteiger partial charge is 0.379 e. The quantitative estimate of drug-likeness (QED) is 0.806. The summed E-state index contributed by atoms with van der Waals surface area (Å²) in [6.07, 6.45) is 7.68. The molecule has 1 atom stereocenters. The van der Waals surface area contributed by atoms with E-state index in [1.165, 1.54) is 54.6 Å². The molecule has 146 valence electrons. The lowest BCUT2D eigenvalue weighted by molar-refractivity contribution is 0.0331. The maximum atomic E-state index is 5.50. The Labute approximate surface area is 165 Å². The predicted molar refractivity (Wildman–Crippen MR) is 111 cm³/mol. The van der Waals surface area contributed by atoms with Crippen molar-refractivity contribution >= 4 is 27.4 Å². The molecule has 0 aromatic carbocycles. The molecule has 2 fully saturated rings. The number of hydrogen-bond donors (Lipinski definition) is 0. The van der Waals surface area contributed by atoms with Gasteiger partial charge in [-0.05, 0) is 50.0 Å². The average Bonchev–Trinajstić information content (AvgIpc) is 3.06. The molecule has 0 radical (unpaired) electrons. The van der Waals surface area contributed by atoms with Crippen molar-refractivity contribution in [3.8, 4) is 0 Å². The van der Waals surface area contributed by atoms with E-state index < -0.39 is 0 Å². The number of thiophene rings is 1. The molecular weight excluding hydrogens is 356 g/mol. The van der Waals surface area contributed by atoms with Crippen molar-refractivity contribution in [1.82, 2.24) is 14.9 Å². The van der Waals surface area contributed by atoms with Crippen molar-refractivity contribution in [1.29, 1.82) is 0 Å². The standard InChI is InChI=1S/C21H30N4OS/c1-15-5-4-8-25(13-15)20-19-16-6-2-3-7-17(16)27-21(19)23-18(22-20)14-24-9-11-26-12-10-24/h15H,2-14H2,1H3/t15-/m0/s1. The van der Waals surface area contributed by atoms with Crippen molar-refractivity contribution in [3.63, 3.8) is 0 Å². The summed E-state index contributed by atoms with van der Waals surface area (Å²) >= 11 is 1.93. The molecule has 2 aliphatic heterocycles. The summed E-state index contributed by atoms with van der Waals surface area (Å²) < 4.78 is 5.50. The second-order valence-corrected chi connectivity index (χ2v) is 9.52. The first-order valence-electron chi connectivity index (χ1n) is 10.6. The zero-order chi connectivity index (χ0) is 18.2. The first-order valence-corrected chi connectivity index (χ1v) is 11.5. The van der Waals surface area contributed by atoms with Gasteiger partial charge in [0.1, 0.15) is 16.5 Å². The van der Waals surface area contributed by atoms with Gasteiger partial charge in [-0.1, -0.05) is 6.92 Å². The Bertz CT molecular complexity index is 814. The fourth-order valence-corrected chi connectivity index (χ4v) is 6.10. The van der Waals surface area contributed by atoms with Crippen LogP contribution >= 0.6 is 11.3 Å². The van der Waals surface area contributed by atoms with Crippen LogP contribution in [0.4, 0.5) is 5.82 Å². The molecule has 5 rings (SSSR count). The number of piperidine rings is 1. The van der Waals surface area contributed by atoms with Crippen molar-refractivity contribution < 1.29 is 4.74 Å². The SMILES string of the molecule is C[C@H]1CCCN(c2nc(CN3CCOCC3)nc3sc4c(c23)CCCC4)C1. The van der Waals surface area contributed by atoms with Crippen LogP contribution in [0.2, 0.25) is 0 Å². The highest BCUT2D eigenvalue weighted by Gasteiger charge is 2.26. The van der Waals surface area contributed by atoms with Crippen LogP contribution in [0.15, 0.2) is 0 Å². The van der Waals surface area contributed by atoms with E-state index in [0.717, 1.165) is 57.7 Å². The second-order valence-electron chi connectivity index (χ2n) is 8.44. The summed E-state index contributed by atoms with van der Waals surface area (Å²) in [7, 11) is 0. The normalized spacial score (nSPS) is 24.3. The minimum absolute atomic E-state index is 0.751. The van der Waals surface area contributed by atoms with Crippen LogP contribution < -0.4 is 4.90 Å². The van der Waals surface area contributed by atoms with Crippen LogP contribution in [-0.4, -0.2) is 54.3 Å². The Morgan fingerprint density at radius 2 is 1.93 bits per heavy atom. The maximum absolute atomic E-state index is 5.50. The molecule has 2 aromatic heterocycles. The van der Waals surface area contributed by atoms with E-state index in [9.17, 15) is 0 Å². The van der Waals surface area contributed by atoms with E-state index in [2.05, 4.69) is 16.7 Å². The highest BCUT2D eigenvalue weighted by molar-refractivity contribution is 7.19. The lowest BCUT2D eigenvalue weighted by Gasteiger charge is -2.33. The van der Waals surface area contributed by atoms with Crippen LogP contribution in [-0.2, 0) is 24.1 Å². The minimum Gasteiger partial charge on any atom is -0.379 e. The van der Waals surface area contributed by atoms with E-state index in [4.69, 9.17) is 14.7 Å². The molecule has 3 aliphatic rings. The summed E-state index contributed by atoms with van der Waals surface area (Å²) in [5.41, 5.74) is 1.56. The van der Waals surface area contributed by atoms with Gasteiger partial charge in [-0.15, -0.1) is 11.3 Å². The molecule has 27 heavy (non-hydrogen) atoms. The molecule has 6 heteroatoms. The third-order valence-electron chi connectivity index (χ3n) is 6.27. The van der Waals surface area contributed by atoms with Crippen LogP contribution in [0.25, 0.3) is 10.2 Å². The highest BCUT2D eigenvalue weighted by Crippen LogP contribution is 2.40. The first-order chi connectivity index (χ1) is 13.3. The Morgan fingerprint density at radius 1 is 1.07 bits per heavy atom. The van der Waals surface area contributed by atoms with E-state index in [1.54, 1.807) is 10.4 Å². The number of morpholine rings is 1. The summed E-state index contributed by atoms with van der Waals surface area (Å²) in [5, 5.41) is 1.38. The van der Waals surface area contributed by atoms with Crippen LogP contribution in [0.1, 0.15) is 48.9 Å². The molecule has 0 saturated carbocycles. The molecule has 5 nitrogen and oxygen atoms in total. The van der Waals surface area contributed by atoms with Crippen molar-refractivity contribution in [2.75, 3.05) is 44.3 Å². The van der Waals surface area contributed by atoms with Gasteiger partial charge in [-0.25, -0.2) is 9.97 Å². The summed E-state index contributed by atoms with van der Waals surface area (Å²) in [5.74, 6) is 2.98. The average molecular weight is 387 g/mol. The number of rotatable bonds is 3. The van der Waals surface area contributed by atoms with E-state index in [1.807, 2.05) is 11.3 Å². The van der Waals surface area contributed by atoms with E-state index in [0.29, 0.717) is 0 Å². The van der Waals surface area contributed by atoms with Crippen LogP contribution in [0.5, 0.6) is 0 Å². The number of ether oxygens (including phenoxy) is 1. The van der Waals surface area contributed by atoms with Gasteiger partial charge in [0.05, 0.1) is 25.1 Å². The molecule has 0 N–H and O–H groups in total. The molecule has 0 bridgehead atoms. The Kier molecular flexibility index (Phi) is 5.05. The van der Waals surface area contributed by atoms with Crippen molar-refractivity contribution in [2.24, 2.45) is 5.92 Å². The number of nitrogens with zero attached hydrogens (tertiary/aromatic N) is 4. The molecule has 2 aromatic rings. The van der Waals surface area contributed by atoms with Gasteiger partial charge < -0.3 is 9.64 Å². The fraction of sp³-hybridized carbons (Fsp3) is 0.714. The lowest BCUT2D eigenvalue weighted by Crippen LogP contribution is -2.37. The maximum Gasteiger partial charge on any atom is 0.146 e. The first kappa shape index (κ1) is 17.8. The lowest BCUT2D eigenvalue weighted by atomic mass is 9.96. The van der Waals surface area contributed by atoms with Gasteiger partial charge in [-0.2, -0.15) is 0 Å². The van der Waals surface area contributed by atoms with Gasteiger partial charge in [0.25, 0.3) is 0 Å². The topological polar surface area (TPSA) is 41.5 Å². The molecule has 0 amide bonds. The van der Waals surface area contributed by atoms with Gasteiger partial charge in [0.15, 0.2) is 0 Å². The Hall–Kier alpha value is -1.24. The molecule has 0 spiro atoms. The Balaban J connectivity index is 1.56. The summed E-state index contributed by atoms with van der Waals surface area (Å²) in [4.78, 5) is 18.0. The van der Waals surface area contributed by atoms with Gasteiger partial charge in [0.2, 0.25) is 0 Å². The zero-order valence-corrected chi connectivity index (χ0v) is 17.2. The van der Waals surface area contributed by atoms with Crippen molar-refractivity contribution in [3.05, 3.63) is 16.3 Å². The van der Waals surface area contributed by atoms with Crippen molar-refractivity contribution in [2.45, 2.75) is 52.0 Å². The monoisotopic (exact) mass is 386 g/mol. The van der Waals surface area contributed by atoms with Crippen LogP contribution in [0, 0.1) is 5.92 Å². The third-order valence-corrected chi connectivity index (χ3v) is 7.45. The number of aromatic nitrogens is 2. The number of anilines is 1. The second kappa shape index (κ2) is 7.64. The third kappa shape index (κ3) is 3.59. The molecule has 4 heterocycles. The summed E-state index contributed by atoms with van der Waals surface area (Å²) in [6.45, 7) is 9.11. The van der Waals surface area contributed by atoms with Gasteiger partial charge >= 0.3 is 0 Å². The van der Waals surface area contributed by atoms with E-state index in [-0.39, 0.29) is 0 Å². The zero-order valence-electron chi connectivity index (χ0n) is 16.4. The molecule has 0 unspecified atom stereocenters. The molecular formula is C21H30N4OS. The molecule has 2 saturated heterocycles. The smallest absolute Gasteiger partial charge is 0.146 e. The number of aryl methyl sites for hydroxylation is 2. The van der Waals surface area contributed by atoms with Gasteiger partial charge in [0, 0.05) is 31.1 Å². The van der Waals surface area contributed by atoms with E-state index >= 15 is 0 Å². The molecule has 1 aliphatic carbocycles.